The number of rotatable bonds is 8. The number of aromatic nitrogens is 4. The van der Waals surface area contributed by atoms with E-state index >= 15 is 0 Å². The summed E-state index contributed by atoms with van der Waals surface area (Å²) in [5.74, 6) is -1.82. The number of phenols is 1. The molecule has 1 fully saturated rings. The molecule has 14 heteroatoms. The number of hydrogen-bond acceptors (Lipinski definition) is 12. The van der Waals surface area contributed by atoms with Crippen molar-refractivity contribution in [1.82, 2.24) is 19.5 Å². The molecule has 13 nitrogen and oxygen atoms in total. The van der Waals surface area contributed by atoms with E-state index in [1.165, 1.54) is 17.0 Å². The Hall–Kier alpha value is -3.30. The van der Waals surface area contributed by atoms with E-state index < -0.39 is 42.9 Å². The Morgan fingerprint density at radius 1 is 1.21 bits per heavy atom. The summed E-state index contributed by atoms with van der Waals surface area (Å²) in [7, 11) is 0. The Balaban J connectivity index is 1.59. The number of benzene rings is 1. The molecule has 180 valence electrons. The van der Waals surface area contributed by atoms with E-state index in [1.54, 1.807) is 0 Å². The number of nitrogens with two attached hydrogens (primary N) is 1. The number of thioether (sulfide) groups is 1. The van der Waals surface area contributed by atoms with Crippen molar-refractivity contribution in [3.8, 4) is 5.75 Å². The highest BCUT2D eigenvalue weighted by Crippen LogP contribution is 2.36. The van der Waals surface area contributed by atoms with Gasteiger partial charge in [0.1, 0.15) is 30.4 Å². The average molecular weight is 491 g/mol. The number of imidazole rings is 1. The summed E-state index contributed by atoms with van der Waals surface area (Å²) in [6.07, 6.45) is -3.80. The largest absolute Gasteiger partial charge is 0.507 e. The molecule has 1 aliphatic heterocycles. The summed E-state index contributed by atoms with van der Waals surface area (Å²) in [4.78, 5) is 36.2. The first-order chi connectivity index (χ1) is 16.2. The van der Waals surface area contributed by atoms with Crippen LogP contribution in [0.25, 0.3) is 11.2 Å². The van der Waals surface area contributed by atoms with Gasteiger partial charge in [-0.2, -0.15) is 0 Å². The number of hydrogen-bond donors (Lipinski definition) is 6. The molecule has 3 aromatic rings. The lowest BCUT2D eigenvalue weighted by Gasteiger charge is -2.19. The van der Waals surface area contributed by atoms with E-state index in [1.807, 2.05) is 0 Å². The van der Waals surface area contributed by atoms with Gasteiger partial charge < -0.3 is 36.0 Å². The van der Waals surface area contributed by atoms with Crippen molar-refractivity contribution in [2.45, 2.75) is 36.1 Å². The van der Waals surface area contributed by atoms with Crippen LogP contribution in [-0.4, -0.2) is 87.5 Å². The van der Waals surface area contributed by atoms with Gasteiger partial charge in [-0.05, 0) is 18.2 Å². The van der Waals surface area contributed by atoms with Crippen molar-refractivity contribution in [3.63, 3.8) is 0 Å². The number of carbonyl (C=O) groups is 2. The van der Waals surface area contributed by atoms with Crippen LogP contribution in [0.4, 0.5) is 5.82 Å². The fraction of sp³-hybridized carbons (Fsp3) is 0.350. The summed E-state index contributed by atoms with van der Waals surface area (Å²) in [5.41, 5.74) is 6.10. The van der Waals surface area contributed by atoms with Gasteiger partial charge in [-0.15, -0.1) is 0 Å². The van der Waals surface area contributed by atoms with Crippen molar-refractivity contribution in [1.29, 1.82) is 0 Å². The van der Waals surface area contributed by atoms with E-state index in [0.717, 1.165) is 23.9 Å². The quantitative estimate of drug-likeness (QED) is 0.178. The van der Waals surface area contributed by atoms with Crippen LogP contribution in [0.15, 0.2) is 29.7 Å². The molecule has 0 aliphatic carbocycles. The molecule has 0 saturated carbocycles. The zero-order valence-electron chi connectivity index (χ0n) is 17.5. The number of nitrogens with zero attached hydrogens (tertiary/aromatic N) is 4. The van der Waals surface area contributed by atoms with Crippen LogP contribution >= 0.6 is 11.8 Å². The smallest absolute Gasteiger partial charge is 0.335 e. The van der Waals surface area contributed by atoms with Crippen LogP contribution in [-0.2, 0) is 4.74 Å². The molecule has 0 bridgehead atoms. The highest BCUT2D eigenvalue weighted by Gasteiger charge is 2.45. The van der Waals surface area contributed by atoms with Crippen LogP contribution in [0.1, 0.15) is 33.4 Å². The number of aliphatic hydroxyl groups is 3. The minimum Gasteiger partial charge on any atom is -0.507 e. The topological polar surface area (TPSA) is 214 Å². The molecule has 0 radical (unpaired) electrons. The van der Waals surface area contributed by atoms with Gasteiger partial charge >= 0.3 is 5.97 Å². The zero-order valence-corrected chi connectivity index (χ0v) is 18.3. The molecule has 0 spiro atoms. The summed E-state index contributed by atoms with van der Waals surface area (Å²) in [6.45, 7) is -0.519. The Labute approximate surface area is 195 Å². The molecule has 2 unspecified atom stereocenters. The minimum absolute atomic E-state index is 0.0730. The van der Waals surface area contributed by atoms with Gasteiger partial charge in [0.25, 0.3) is 0 Å². The molecule has 2 aromatic heterocycles. The van der Waals surface area contributed by atoms with E-state index in [4.69, 9.17) is 15.6 Å². The number of aliphatic hydroxyl groups excluding tert-OH is 3. The van der Waals surface area contributed by atoms with Gasteiger partial charge in [0.15, 0.2) is 34.1 Å². The van der Waals surface area contributed by atoms with Crippen molar-refractivity contribution in [3.05, 3.63) is 35.7 Å². The number of carboxylic acids is 1. The van der Waals surface area contributed by atoms with E-state index in [-0.39, 0.29) is 51.2 Å². The molecule has 1 saturated heterocycles. The minimum atomic E-state index is -1.40. The third-order valence-electron chi connectivity index (χ3n) is 5.35. The Bertz CT molecular complexity index is 1250. The maximum atomic E-state index is 12.6. The highest BCUT2D eigenvalue weighted by atomic mass is 32.2. The number of fused-ring (bicyclic) bond motifs is 1. The summed E-state index contributed by atoms with van der Waals surface area (Å²) < 4.78 is 7.03. The van der Waals surface area contributed by atoms with Crippen LogP contribution in [0, 0.1) is 0 Å². The van der Waals surface area contributed by atoms with Crippen LogP contribution in [0.5, 0.6) is 5.75 Å². The second kappa shape index (κ2) is 9.52. The predicted octanol–water partition coefficient (Wildman–Crippen LogP) is -0.211. The van der Waals surface area contributed by atoms with Crippen molar-refractivity contribution < 1.29 is 39.9 Å². The Morgan fingerprint density at radius 2 is 1.97 bits per heavy atom. The van der Waals surface area contributed by atoms with Gasteiger partial charge in [0, 0.05) is 12.2 Å². The molecule has 4 rings (SSSR count). The number of ether oxygens (including phenoxy) is 1. The fourth-order valence-corrected chi connectivity index (χ4v) is 4.55. The Kier molecular flexibility index (Phi) is 6.67. The second-order valence-corrected chi connectivity index (χ2v) is 8.55. The Morgan fingerprint density at radius 3 is 2.65 bits per heavy atom. The second-order valence-electron chi connectivity index (χ2n) is 7.48. The maximum Gasteiger partial charge on any atom is 0.335 e. The first-order valence-corrected chi connectivity index (χ1v) is 11.0. The molecule has 34 heavy (non-hydrogen) atoms. The van der Waals surface area contributed by atoms with Gasteiger partial charge in [-0.25, -0.2) is 19.7 Å². The first kappa shape index (κ1) is 23.8. The van der Waals surface area contributed by atoms with E-state index in [9.17, 15) is 30.0 Å². The monoisotopic (exact) mass is 491 g/mol. The number of carbonyl (C=O) groups excluding carboxylic acids is 1. The summed E-state index contributed by atoms with van der Waals surface area (Å²) >= 11 is 1.09. The molecule has 1 aliphatic rings. The van der Waals surface area contributed by atoms with E-state index in [0.29, 0.717) is 0 Å². The van der Waals surface area contributed by atoms with Crippen LogP contribution in [0.3, 0.4) is 0 Å². The molecule has 1 aromatic carbocycles. The number of Topliss-reactive ketones (excluding diaryl/α,β-unsaturated/α-hetero) is 1. The van der Waals surface area contributed by atoms with Crippen LogP contribution < -0.4 is 5.73 Å². The number of carboxylic acid groups (broad SMARTS) is 1. The summed E-state index contributed by atoms with van der Waals surface area (Å²) in [6, 6.07) is 3.44. The molecular weight excluding hydrogens is 470 g/mol. The number of phenolic OH excluding ortho intramolecular Hbond substituents is 1. The number of aromatic hydroxyl groups is 1. The van der Waals surface area contributed by atoms with Crippen molar-refractivity contribution in [2.24, 2.45) is 0 Å². The highest BCUT2D eigenvalue weighted by molar-refractivity contribution is 7.99. The van der Waals surface area contributed by atoms with Gasteiger partial charge in [-0.1, -0.05) is 11.8 Å². The molecule has 0 amide bonds. The average Bonchev–Trinajstić information content (AvgIpc) is 3.31. The van der Waals surface area contributed by atoms with Gasteiger partial charge in [0.2, 0.25) is 0 Å². The number of nitrogen functional groups attached to an aromatic ring is 1. The number of ketones is 1. The fourth-order valence-electron chi connectivity index (χ4n) is 3.59. The molecule has 7 N–H and O–H groups in total. The lowest BCUT2D eigenvalue weighted by Crippen LogP contribution is -2.33. The predicted molar refractivity (Wildman–Crippen MR) is 117 cm³/mol. The standard InChI is InChI=1S/C20H21N5O8S/c21-16-13-17(23-7-22-16)25(18-15(30)14(29)12(6-26)33-18)20(24-13)34-4-3-11(28)9-5-8(19(31)32)1-2-10(9)27/h1-2,5,7,12,14-15,18,26-27,29-30H,3-4,6H2,(H,31,32)(H2,21,22,23)/t12-,14?,15?,18-/m1/s1. The van der Waals surface area contributed by atoms with E-state index in [2.05, 4.69) is 15.0 Å². The molecular formula is C20H21N5O8S. The zero-order chi connectivity index (χ0) is 24.6. The third-order valence-corrected chi connectivity index (χ3v) is 6.30. The van der Waals surface area contributed by atoms with Crippen LogP contribution in [0.2, 0.25) is 0 Å². The molecule has 4 atom stereocenters. The van der Waals surface area contributed by atoms with Crippen molar-refractivity contribution >= 4 is 40.5 Å². The number of aromatic carboxylic acids is 1. The number of anilines is 1. The van der Waals surface area contributed by atoms with Gasteiger partial charge in [-0.3, -0.25) is 9.36 Å². The normalized spacial score (nSPS) is 22.3. The maximum absolute atomic E-state index is 12.6. The SMILES string of the molecule is Nc1ncnc2c1nc(SCCC(=O)c1cc(C(=O)O)ccc1O)n2[C@@H]1O[C@H](CO)C(O)C1O. The summed E-state index contributed by atoms with van der Waals surface area (Å²) in [5, 5.41) is 49.4. The lowest BCUT2D eigenvalue weighted by molar-refractivity contribution is -0.0548. The molecule has 3 heterocycles. The third kappa shape index (κ3) is 4.28. The van der Waals surface area contributed by atoms with Gasteiger partial charge in [0.05, 0.1) is 17.7 Å². The first-order valence-electron chi connectivity index (χ1n) is 10.1. The van der Waals surface area contributed by atoms with Crippen molar-refractivity contribution in [2.75, 3.05) is 18.1 Å². The lowest BCUT2D eigenvalue weighted by atomic mass is 10.0.